The molecule has 0 saturated heterocycles. The predicted octanol–water partition coefficient (Wildman–Crippen LogP) is 4.96. The lowest BCUT2D eigenvalue weighted by Crippen LogP contribution is -2.15. The highest BCUT2D eigenvalue weighted by atomic mass is 19.4. The highest BCUT2D eigenvalue weighted by molar-refractivity contribution is 6.04. The number of alkyl halides is 3. The van der Waals surface area contributed by atoms with Crippen LogP contribution in [0.25, 0.3) is 0 Å². The molecule has 0 aliphatic rings. The third-order valence-corrected chi connectivity index (χ3v) is 4.17. The zero-order valence-electron chi connectivity index (χ0n) is 15.1. The molecule has 146 valence electrons. The standard InChI is InChI=1S/C20H17F4N3O/c1-12-8-13(2)27(26-12)11-14-4-3-5-15(9-14)19(28)25-18-10-16(20(22,23)24)6-7-17(18)21/h3-10H,11H2,1-2H3,(H,25,28). The largest absolute Gasteiger partial charge is 0.416 e. The molecule has 3 aromatic rings. The molecule has 0 atom stereocenters. The summed E-state index contributed by atoms with van der Waals surface area (Å²) in [6.45, 7) is 4.21. The Morgan fingerprint density at radius 2 is 1.86 bits per heavy atom. The molecular formula is C20H17F4N3O. The van der Waals surface area contributed by atoms with Crippen LogP contribution in [0.2, 0.25) is 0 Å². The summed E-state index contributed by atoms with van der Waals surface area (Å²) in [5, 5.41) is 6.56. The molecule has 8 heteroatoms. The van der Waals surface area contributed by atoms with E-state index >= 15 is 0 Å². The number of amides is 1. The first-order chi connectivity index (χ1) is 13.1. The van der Waals surface area contributed by atoms with Crippen LogP contribution in [0.5, 0.6) is 0 Å². The van der Waals surface area contributed by atoms with Crippen molar-refractivity contribution in [3.8, 4) is 0 Å². The van der Waals surface area contributed by atoms with E-state index in [1.165, 1.54) is 6.07 Å². The molecule has 0 saturated carbocycles. The molecule has 4 nitrogen and oxygen atoms in total. The molecule has 0 aliphatic carbocycles. The lowest BCUT2D eigenvalue weighted by molar-refractivity contribution is -0.137. The fourth-order valence-corrected chi connectivity index (χ4v) is 2.81. The SMILES string of the molecule is Cc1cc(C)n(Cc2cccc(C(=O)Nc3cc(C(F)(F)F)ccc3F)c2)n1. The van der Waals surface area contributed by atoms with Crippen molar-refractivity contribution in [1.82, 2.24) is 9.78 Å². The van der Waals surface area contributed by atoms with E-state index in [-0.39, 0.29) is 5.56 Å². The van der Waals surface area contributed by atoms with Gasteiger partial charge in [-0.05, 0) is 55.8 Å². The highest BCUT2D eigenvalue weighted by Gasteiger charge is 2.31. The van der Waals surface area contributed by atoms with E-state index in [2.05, 4.69) is 10.4 Å². The summed E-state index contributed by atoms with van der Waals surface area (Å²) in [6, 6.07) is 10.4. The average molecular weight is 391 g/mol. The van der Waals surface area contributed by atoms with Crippen LogP contribution in [0.4, 0.5) is 23.2 Å². The summed E-state index contributed by atoms with van der Waals surface area (Å²) in [4.78, 5) is 12.4. The van der Waals surface area contributed by atoms with Gasteiger partial charge in [-0.2, -0.15) is 18.3 Å². The number of hydrogen-bond acceptors (Lipinski definition) is 2. The van der Waals surface area contributed by atoms with Crippen LogP contribution >= 0.6 is 0 Å². The number of halogens is 4. The van der Waals surface area contributed by atoms with E-state index in [0.717, 1.165) is 17.0 Å². The van der Waals surface area contributed by atoms with E-state index in [1.54, 1.807) is 22.9 Å². The number of nitrogens with one attached hydrogen (secondary N) is 1. The highest BCUT2D eigenvalue weighted by Crippen LogP contribution is 2.32. The number of aryl methyl sites for hydroxylation is 2. The molecule has 28 heavy (non-hydrogen) atoms. The Labute approximate surface area is 158 Å². The van der Waals surface area contributed by atoms with Gasteiger partial charge in [-0.1, -0.05) is 12.1 Å². The molecule has 0 bridgehead atoms. The summed E-state index contributed by atoms with van der Waals surface area (Å²) >= 11 is 0. The minimum absolute atomic E-state index is 0.204. The Hall–Kier alpha value is -3.16. The summed E-state index contributed by atoms with van der Waals surface area (Å²) in [5.41, 5.74) is 1.25. The second-order valence-electron chi connectivity index (χ2n) is 6.43. The quantitative estimate of drug-likeness (QED) is 0.639. The van der Waals surface area contributed by atoms with Gasteiger partial charge >= 0.3 is 6.18 Å². The number of nitrogens with zero attached hydrogens (tertiary/aromatic N) is 2. The van der Waals surface area contributed by atoms with Gasteiger partial charge in [0.25, 0.3) is 5.91 Å². The average Bonchev–Trinajstić information content (AvgIpc) is 2.93. The number of rotatable bonds is 4. The normalized spacial score (nSPS) is 11.5. The fraction of sp³-hybridized carbons (Fsp3) is 0.200. The summed E-state index contributed by atoms with van der Waals surface area (Å²) in [5.74, 6) is -1.64. The second-order valence-corrected chi connectivity index (χ2v) is 6.43. The summed E-state index contributed by atoms with van der Waals surface area (Å²) in [7, 11) is 0. The number of carbonyl (C=O) groups excluding carboxylic acids is 1. The molecule has 3 rings (SSSR count). The molecule has 1 heterocycles. The van der Waals surface area contributed by atoms with Gasteiger partial charge in [0.15, 0.2) is 0 Å². The molecule has 1 amide bonds. The number of carbonyl (C=O) groups is 1. The van der Waals surface area contributed by atoms with E-state index in [1.807, 2.05) is 19.9 Å². The van der Waals surface area contributed by atoms with Crippen LogP contribution in [-0.2, 0) is 12.7 Å². The third-order valence-electron chi connectivity index (χ3n) is 4.17. The molecule has 0 unspecified atom stereocenters. The first-order valence-corrected chi connectivity index (χ1v) is 8.41. The maximum absolute atomic E-state index is 13.9. The number of hydrogen-bond donors (Lipinski definition) is 1. The van der Waals surface area contributed by atoms with Gasteiger partial charge < -0.3 is 5.32 Å². The van der Waals surface area contributed by atoms with Crippen molar-refractivity contribution in [2.24, 2.45) is 0 Å². The van der Waals surface area contributed by atoms with Gasteiger partial charge in [0.1, 0.15) is 5.82 Å². The first-order valence-electron chi connectivity index (χ1n) is 8.41. The van der Waals surface area contributed by atoms with Gasteiger partial charge in [0.2, 0.25) is 0 Å². The van der Waals surface area contributed by atoms with Gasteiger partial charge in [-0.25, -0.2) is 4.39 Å². The molecule has 1 N–H and O–H groups in total. The maximum Gasteiger partial charge on any atom is 0.416 e. The molecule has 0 fully saturated rings. The van der Waals surface area contributed by atoms with Crippen LogP contribution in [0.3, 0.4) is 0 Å². The minimum Gasteiger partial charge on any atom is -0.319 e. The zero-order chi connectivity index (χ0) is 20.5. The lowest BCUT2D eigenvalue weighted by atomic mass is 10.1. The maximum atomic E-state index is 13.9. The van der Waals surface area contributed by atoms with Crippen LogP contribution in [0.1, 0.15) is 32.9 Å². The number of aromatic nitrogens is 2. The summed E-state index contributed by atoms with van der Waals surface area (Å²) < 4.78 is 54.1. The Kier molecular flexibility index (Phi) is 5.22. The van der Waals surface area contributed by atoms with Crippen molar-refractivity contribution in [2.75, 3.05) is 5.32 Å². The van der Waals surface area contributed by atoms with Crippen LogP contribution in [-0.4, -0.2) is 15.7 Å². The molecular weight excluding hydrogens is 374 g/mol. The number of benzene rings is 2. The van der Waals surface area contributed by atoms with Crippen molar-refractivity contribution in [3.63, 3.8) is 0 Å². The third kappa shape index (κ3) is 4.39. The Bertz CT molecular complexity index is 1020. The van der Waals surface area contributed by atoms with Gasteiger partial charge in [0.05, 0.1) is 23.5 Å². The Morgan fingerprint density at radius 3 is 2.50 bits per heavy atom. The minimum atomic E-state index is -4.63. The first kappa shape index (κ1) is 19.6. The van der Waals surface area contributed by atoms with Gasteiger partial charge in [-0.15, -0.1) is 0 Å². The molecule has 0 aliphatic heterocycles. The predicted molar refractivity (Wildman–Crippen MR) is 96.6 cm³/mol. The smallest absolute Gasteiger partial charge is 0.319 e. The van der Waals surface area contributed by atoms with E-state index in [4.69, 9.17) is 0 Å². The van der Waals surface area contributed by atoms with Crippen molar-refractivity contribution in [1.29, 1.82) is 0 Å². The van der Waals surface area contributed by atoms with E-state index < -0.39 is 29.2 Å². The van der Waals surface area contributed by atoms with Crippen LogP contribution in [0, 0.1) is 19.7 Å². The van der Waals surface area contributed by atoms with Crippen molar-refractivity contribution in [3.05, 3.63) is 82.4 Å². The molecule has 0 radical (unpaired) electrons. The zero-order valence-corrected chi connectivity index (χ0v) is 15.1. The monoisotopic (exact) mass is 391 g/mol. The second kappa shape index (κ2) is 7.46. The molecule has 0 spiro atoms. The van der Waals surface area contributed by atoms with E-state index in [9.17, 15) is 22.4 Å². The van der Waals surface area contributed by atoms with Gasteiger partial charge in [-0.3, -0.25) is 9.48 Å². The topological polar surface area (TPSA) is 46.9 Å². The fourth-order valence-electron chi connectivity index (χ4n) is 2.81. The Morgan fingerprint density at radius 1 is 1.11 bits per heavy atom. The van der Waals surface area contributed by atoms with E-state index in [0.29, 0.717) is 24.7 Å². The lowest BCUT2D eigenvalue weighted by Gasteiger charge is -2.12. The summed E-state index contributed by atoms with van der Waals surface area (Å²) in [6.07, 6.45) is -4.63. The number of anilines is 1. The van der Waals surface area contributed by atoms with Crippen molar-refractivity contribution >= 4 is 11.6 Å². The molecule has 2 aromatic carbocycles. The van der Waals surface area contributed by atoms with Crippen LogP contribution < -0.4 is 5.32 Å². The van der Waals surface area contributed by atoms with Gasteiger partial charge in [0, 0.05) is 11.3 Å². The van der Waals surface area contributed by atoms with Crippen molar-refractivity contribution < 1.29 is 22.4 Å². The molecule has 1 aromatic heterocycles. The van der Waals surface area contributed by atoms with Crippen molar-refractivity contribution in [2.45, 2.75) is 26.6 Å². The Balaban J connectivity index is 1.81. The van der Waals surface area contributed by atoms with Crippen LogP contribution in [0.15, 0.2) is 48.5 Å².